The van der Waals surface area contributed by atoms with Gasteiger partial charge in [-0.25, -0.2) is 8.42 Å². The van der Waals surface area contributed by atoms with E-state index in [2.05, 4.69) is 5.32 Å². The maximum Gasteiger partial charge on any atom is 0.151 e. The van der Waals surface area contributed by atoms with Gasteiger partial charge in [0, 0.05) is 37.8 Å². The van der Waals surface area contributed by atoms with Crippen molar-refractivity contribution in [2.24, 2.45) is 0 Å². The van der Waals surface area contributed by atoms with Crippen LogP contribution in [0.2, 0.25) is 0 Å². The molecule has 0 bridgehead atoms. The van der Waals surface area contributed by atoms with Crippen LogP contribution in [0.25, 0.3) is 0 Å². The molecule has 0 saturated carbocycles. The van der Waals surface area contributed by atoms with Gasteiger partial charge in [-0.1, -0.05) is 13.0 Å². The topological polar surface area (TPSA) is 49.4 Å². The number of rotatable bonds is 6. The number of sulfone groups is 1. The van der Waals surface area contributed by atoms with Crippen molar-refractivity contribution in [1.29, 1.82) is 0 Å². The van der Waals surface area contributed by atoms with Gasteiger partial charge in [0.2, 0.25) is 0 Å². The van der Waals surface area contributed by atoms with E-state index in [1.165, 1.54) is 0 Å². The largest absolute Gasteiger partial charge is 0.384 e. The zero-order valence-electron chi connectivity index (χ0n) is 10.6. The van der Waals surface area contributed by atoms with E-state index in [0.29, 0.717) is 6.54 Å². The molecule has 17 heavy (non-hydrogen) atoms. The average molecular weight is 256 g/mol. The second-order valence-corrected chi connectivity index (χ2v) is 6.58. The van der Waals surface area contributed by atoms with Crippen molar-refractivity contribution in [3.05, 3.63) is 24.3 Å². The Morgan fingerprint density at radius 2 is 2.00 bits per heavy atom. The minimum atomic E-state index is -2.89. The number of benzene rings is 1. The fourth-order valence-electron chi connectivity index (χ4n) is 1.39. The molecule has 4 nitrogen and oxygen atoms in total. The number of hydrogen-bond donors (Lipinski definition) is 1. The summed E-state index contributed by atoms with van der Waals surface area (Å²) in [5.74, 6) is 0.377. The molecule has 96 valence electrons. The molecule has 1 N–H and O–H groups in total. The molecule has 0 heterocycles. The van der Waals surface area contributed by atoms with Gasteiger partial charge in [-0.15, -0.1) is 0 Å². The zero-order valence-corrected chi connectivity index (χ0v) is 11.4. The van der Waals surface area contributed by atoms with Crippen molar-refractivity contribution in [2.45, 2.75) is 6.92 Å². The summed E-state index contributed by atoms with van der Waals surface area (Å²) in [6, 6.07) is 7.89. The van der Waals surface area contributed by atoms with Crippen molar-refractivity contribution in [1.82, 2.24) is 0 Å². The van der Waals surface area contributed by atoms with Gasteiger partial charge in [-0.05, 0) is 18.2 Å². The Labute approximate surface area is 104 Å². The lowest BCUT2D eigenvalue weighted by atomic mass is 10.2. The molecule has 0 fully saturated rings. The number of hydrogen-bond acceptors (Lipinski definition) is 4. The third-order valence-electron chi connectivity index (χ3n) is 2.54. The fraction of sp³-hybridized carbons (Fsp3) is 0.500. The third-order valence-corrected chi connectivity index (χ3v) is 4.25. The van der Waals surface area contributed by atoms with Gasteiger partial charge in [0.05, 0.1) is 5.75 Å². The lowest BCUT2D eigenvalue weighted by Gasteiger charge is -2.14. The van der Waals surface area contributed by atoms with Crippen molar-refractivity contribution in [2.75, 3.05) is 42.4 Å². The first-order chi connectivity index (χ1) is 7.94. The number of nitrogens with one attached hydrogen (secondary N) is 1. The van der Waals surface area contributed by atoms with E-state index < -0.39 is 9.84 Å². The van der Waals surface area contributed by atoms with E-state index >= 15 is 0 Å². The molecule has 0 unspecified atom stereocenters. The third kappa shape index (κ3) is 4.65. The SMILES string of the molecule is CCS(=O)(=O)CCNc1cccc(N(C)C)c1. The van der Waals surface area contributed by atoms with Crippen LogP contribution in [0.3, 0.4) is 0 Å². The summed E-state index contributed by atoms with van der Waals surface area (Å²) < 4.78 is 22.6. The fourth-order valence-corrected chi connectivity index (χ4v) is 2.09. The normalized spacial score (nSPS) is 11.2. The first-order valence-corrected chi connectivity index (χ1v) is 7.48. The summed E-state index contributed by atoms with van der Waals surface area (Å²) in [6.07, 6.45) is 0. The van der Waals surface area contributed by atoms with E-state index in [4.69, 9.17) is 0 Å². The lowest BCUT2D eigenvalue weighted by molar-refractivity contribution is 0.597. The highest BCUT2D eigenvalue weighted by Crippen LogP contribution is 2.16. The van der Waals surface area contributed by atoms with Crippen LogP contribution in [0, 0.1) is 0 Å². The van der Waals surface area contributed by atoms with Gasteiger partial charge < -0.3 is 10.2 Å². The molecule has 0 radical (unpaired) electrons. The number of nitrogens with zero attached hydrogens (tertiary/aromatic N) is 1. The molecule has 1 aromatic carbocycles. The Morgan fingerprint density at radius 1 is 1.29 bits per heavy atom. The van der Waals surface area contributed by atoms with Crippen LogP contribution in [0.15, 0.2) is 24.3 Å². The molecule has 0 aliphatic heterocycles. The molecule has 0 atom stereocenters. The van der Waals surface area contributed by atoms with Gasteiger partial charge >= 0.3 is 0 Å². The summed E-state index contributed by atoms with van der Waals surface area (Å²) >= 11 is 0. The standard InChI is InChI=1S/C12H20N2O2S/c1-4-17(15,16)9-8-13-11-6-5-7-12(10-11)14(2)3/h5-7,10,13H,4,8-9H2,1-3H3. The van der Waals surface area contributed by atoms with Gasteiger partial charge in [-0.2, -0.15) is 0 Å². The first-order valence-electron chi connectivity index (χ1n) is 5.66. The average Bonchev–Trinajstić information content (AvgIpc) is 2.29. The minimum Gasteiger partial charge on any atom is -0.384 e. The van der Waals surface area contributed by atoms with Crippen LogP contribution in [0.1, 0.15) is 6.92 Å². The first kappa shape index (κ1) is 13.8. The Hall–Kier alpha value is -1.23. The lowest BCUT2D eigenvalue weighted by Crippen LogP contribution is -2.17. The van der Waals surface area contributed by atoms with Crippen LogP contribution < -0.4 is 10.2 Å². The van der Waals surface area contributed by atoms with Crippen molar-refractivity contribution < 1.29 is 8.42 Å². The maximum atomic E-state index is 11.3. The molecule has 0 aliphatic carbocycles. The Kier molecular flexibility index (Phi) is 4.81. The highest BCUT2D eigenvalue weighted by atomic mass is 32.2. The van der Waals surface area contributed by atoms with Crippen LogP contribution in [0.5, 0.6) is 0 Å². The summed E-state index contributed by atoms with van der Waals surface area (Å²) in [6.45, 7) is 2.12. The van der Waals surface area contributed by atoms with E-state index in [0.717, 1.165) is 11.4 Å². The number of anilines is 2. The Morgan fingerprint density at radius 3 is 2.59 bits per heavy atom. The Balaban J connectivity index is 2.55. The molecule has 5 heteroatoms. The second-order valence-electron chi connectivity index (χ2n) is 4.11. The van der Waals surface area contributed by atoms with Gasteiger partial charge in [0.15, 0.2) is 9.84 Å². The summed E-state index contributed by atoms with van der Waals surface area (Å²) in [5.41, 5.74) is 2.04. The summed E-state index contributed by atoms with van der Waals surface area (Å²) in [4.78, 5) is 2.01. The van der Waals surface area contributed by atoms with Crippen LogP contribution in [0.4, 0.5) is 11.4 Å². The van der Waals surface area contributed by atoms with Crippen LogP contribution >= 0.6 is 0 Å². The van der Waals surface area contributed by atoms with Crippen molar-refractivity contribution in [3.63, 3.8) is 0 Å². The maximum absolute atomic E-state index is 11.3. The molecule has 0 aliphatic rings. The van der Waals surface area contributed by atoms with Crippen molar-refractivity contribution >= 4 is 21.2 Å². The molecule has 1 aromatic rings. The van der Waals surface area contributed by atoms with Gasteiger partial charge in [0.1, 0.15) is 0 Å². The molecule has 0 aromatic heterocycles. The van der Waals surface area contributed by atoms with E-state index in [1.807, 2.05) is 43.3 Å². The van der Waals surface area contributed by atoms with E-state index in [9.17, 15) is 8.42 Å². The predicted molar refractivity (Wildman–Crippen MR) is 73.6 cm³/mol. The Bertz CT molecular complexity index is 455. The van der Waals surface area contributed by atoms with Gasteiger partial charge in [0.25, 0.3) is 0 Å². The van der Waals surface area contributed by atoms with Crippen LogP contribution in [-0.4, -0.2) is 40.6 Å². The second kappa shape index (κ2) is 5.91. The van der Waals surface area contributed by atoms with Gasteiger partial charge in [-0.3, -0.25) is 0 Å². The molecular weight excluding hydrogens is 236 g/mol. The monoisotopic (exact) mass is 256 g/mol. The smallest absolute Gasteiger partial charge is 0.151 e. The molecular formula is C12H20N2O2S. The highest BCUT2D eigenvalue weighted by Gasteiger charge is 2.06. The molecule has 1 rings (SSSR count). The van der Waals surface area contributed by atoms with Crippen molar-refractivity contribution in [3.8, 4) is 0 Å². The van der Waals surface area contributed by atoms with E-state index in [-0.39, 0.29) is 11.5 Å². The predicted octanol–water partition coefficient (Wildman–Crippen LogP) is 1.60. The quantitative estimate of drug-likeness (QED) is 0.840. The molecule has 0 saturated heterocycles. The summed E-state index contributed by atoms with van der Waals surface area (Å²) in [7, 11) is 1.06. The van der Waals surface area contributed by atoms with E-state index in [1.54, 1.807) is 6.92 Å². The summed E-state index contributed by atoms with van der Waals surface area (Å²) in [5, 5.41) is 3.12. The molecule has 0 amide bonds. The minimum absolute atomic E-state index is 0.176. The zero-order chi connectivity index (χ0) is 12.9. The van der Waals surface area contributed by atoms with Crippen LogP contribution in [-0.2, 0) is 9.84 Å². The highest BCUT2D eigenvalue weighted by molar-refractivity contribution is 7.91. The molecule has 0 spiro atoms.